The van der Waals surface area contributed by atoms with Gasteiger partial charge in [0.05, 0.1) is 23.8 Å². The largest absolute Gasteiger partial charge is 0.490 e. The van der Waals surface area contributed by atoms with Gasteiger partial charge >= 0.3 is 0 Å². The Hall–Kier alpha value is -2.74. The van der Waals surface area contributed by atoms with Crippen LogP contribution in [0.4, 0.5) is 11.4 Å². The van der Waals surface area contributed by atoms with Crippen LogP contribution in [0.3, 0.4) is 0 Å². The van der Waals surface area contributed by atoms with Gasteiger partial charge in [0.1, 0.15) is 0 Å². The van der Waals surface area contributed by atoms with Gasteiger partial charge in [-0.3, -0.25) is 9.52 Å². The Balaban J connectivity index is 1.79. The van der Waals surface area contributed by atoms with Crippen molar-refractivity contribution in [3.05, 3.63) is 42.5 Å². The van der Waals surface area contributed by atoms with Gasteiger partial charge in [0.25, 0.3) is 10.0 Å². The number of ether oxygens (including phenoxy) is 2. The Morgan fingerprint density at radius 1 is 0.960 bits per heavy atom. The average Bonchev–Trinajstić information content (AvgIpc) is 2.79. The second-order valence-corrected chi connectivity index (χ2v) is 7.21. The van der Waals surface area contributed by atoms with Crippen LogP contribution >= 0.6 is 0 Å². The molecule has 0 spiro atoms. The summed E-state index contributed by atoms with van der Waals surface area (Å²) in [5.41, 5.74) is 0.914. The monoisotopic (exact) mass is 362 g/mol. The summed E-state index contributed by atoms with van der Waals surface area (Å²) in [6.45, 7) is 2.48. The van der Waals surface area contributed by atoms with Gasteiger partial charge in [-0.15, -0.1) is 0 Å². The van der Waals surface area contributed by atoms with Crippen LogP contribution in [0, 0.1) is 0 Å². The van der Waals surface area contributed by atoms with Crippen molar-refractivity contribution >= 4 is 27.3 Å². The van der Waals surface area contributed by atoms with Crippen LogP contribution in [0.15, 0.2) is 47.4 Å². The zero-order valence-electron chi connectivity index (χ0n) is 13.6. The SMILES string of the molecule is CC(=O)Nc1ccc(S(=O)(=O)Nc2ccc3c(c2)OCCCO3)cc1. The van der Waals surface area contributed by atoms with Crippen LogP contribution in [0.2, 0.25) is 0 Å². The van der Waals surface area contributed by atoms with Crippen molar-refractivity contribution in [2.24, 2.45) is 0 Å². The smallest absolute Gasteiger partial charge is 0.261 e. The number of hydrogen-bond acceptors (Lipinski definition) is 5. The molecule has 7 nitrogen and oxygen atoms in total. The minimum atomic E-state index is -3.75. The Bertz CT molecular complexity index is 878. The van der Waals surface area contributed by atoms with Crippen LogP contribution < -0.4 is 19.5 Å². The number of sulfonamides is 1. The fraction of sp³-hybridized carbons (Fsp3) is 0.235. The highest BCUT2D eigenvalue weighted by Gasteiger charge is 2.17. The lowest BCUT2D eigenvalue weighted by Crippen LogP contribution is -2.13. The summed E-state index contributed by atoms with van der Waals surface area (Å²) >= 11 is 0. The molecular formula is C17H18N2O5S. The molecule has 132 valence electrons. The Labute approximate surface area is 146 Å². The molecule has 2 N–H and O–H groups in total. The van der Waals surface area contributed by atoms with E-state index < -0.39 is 10.0 Å². The number of amides is 1. The standard InChI is InChI=1S/C17H18N2O5S/c1-12(20)18-13-3-6-15(7-4-13)25(21,22)19-14-5-8-16-17(11-14)24-10-2-9-23-16/h3-8,11,19H,2,9-10H2,1H3,(H,18,20). The van der Waals surface area contributed by atoms with E-state index in [0.29, 0.717) is 36.1 Å². The summed E-state index contributed by atoms with van der Waals surface area (Å²) in [4.78, 5) is 11.1. The van der Waals surface area contributed by atoms with E-state index in [4.69, 9.17) is 9.47 Å². The number of carbonyl (C=O) groups excluding carboxylic acids is 1. The van der Waals surface area contributed by atoms with E-state index in [2.05, 4.69) is 10.0 Å². The lowest BCUT2D eigenvalue weighted by atomic mass is 10.3. The molecular weight excluding hydrogens is 344 g/mol. The lowest BCUT2D eigenvalue weighted by Gasteiger charge is -2.12. The molecule has 1 amide bonds. The Morgan fingerprint density at radius 2 is 1.60 bits per heavy atom. The van der Waals surface area contributed by atoms with E-state index in [0.717, 1.165) is 6.42 Å². The Kier molecular flexibility index (Phi) is 4.80. The zero-order chi connectivity index (χ0) is 17.9. The summed E-state index contributed by atoms with van der Waals surface area (Å²) in [6, 6.07) is 10.8. The van der Waals surface area contributed by atoms with Crippen molar-refractivity contribution in [3.63, 3.8) is 0 Å². The predicted octanol–water partition coefficient (Wildman–Crippen LogP) is 2.61. The molecule has 1 heterocycles. The molecule has 3 rings (SSSR count). The Morgan fingerprint density at radius 3 is 2.28 bits per heavy atom. The molecule has 0 radical (unpaired) electrons. The molecule has 8 heteroatoms. The van der Waals surface area contributed by atoms with E-state index in [1.807, 2.05) is 0 Å². The van der Waals surface area contributed by atoms with Crippen LogP contribution in [-0.2, 0) is 14.8 Å². The van der Waals surface area contributed by atoms with E-state index in [1.165, 1.54) is 31.2 Å². The minimum Gasteiger partial charge on any atom is -0.490 e. The van der Waals surface area contributed by atoms with Crippen molar-refractivity contribution in [2.75, 3.05) is 23.3 Å². The summed E-state index contributed by atoms with van der Waals surface area (Å²) in [5.74, 6) is 0.889. The van der Waals surface area contributed by atoms with Crippen LogP contribution in [0.25, 0.3) is 0 Å². The summed E-state index contributed by atoms with van der Waals surface area (Å²) in [5, 5.41) is 2.59. The summed E-state index contributed by atoms with van der Waals surface area (Å²) in [6.07, 6.45) is 0.774. The first-order valence-electron chi connectivity index (χ1n) is 7.74. The maximum absolute atomic E-state index is 12.5. The maximum Gasteiger partial charge on any atom is 0.261 e. The molecule has 1 aliphatic heterocycles. The molecule has 0 bridgehead atoms. The van der Waals surface area contributed by atoms with Gasteiger partial charge in [-0.25, -0.2) is 8.42 Å². The number of hydrogen-bond donors (Lipinski definition) is 2. The van der Waals surface area contributed by atoms with Gasteiger partial charge in [0, 0.05) is 25.1 Å². The number of anilines is 2. The summed E-state index contributed by atoms with van der Waals surface area (Å²) < 4.78 is 38.6. The third-order valence-electron chi connectivity index (χ3n) is 3.48. The molecule has 0 unspecified atom stereocenters. The van der Waals surface area contributed by atoms with Crippen LogP contribution in [0.5, 0.6) is 11.5 Å². The molecule has 0 fully saturated rings. The van der Waals surface area contributed by atoms with Crippen molar-refractivity contribution in [2.45, 2.75) is 18.2 Å². The fourth-order valence-electron chi connectivity index (χ4n) is 2.36. The van der Waals surface area contributed by atoms with Gasteiger partial charge in [0.2, 0.25) is 5.91 Å². The van der Waals surface area contributed by atoms with Gasteiger partial charge < -0.3 is 14.8 Å². The molecule has 25 heavy (non-hydrogen) atoms. The van der Waals surface area contributed by atoms with Crippen molar-refractivity contribution < 1.29 is 22.7 Å². The molecule has 1 aliphatic rings. The van der Waals surface area contributed by atoms with Gasteiger partial charge in [-0.05, 0) is 36.4 Å². The highest BCUT2D eigenvalue weighted by Crippen LogP contribution is 2.33. The maximum atomic E-state index is 12.5. The van der Waals surface area contributed by atoms with Gasteiger partial charge in [0.15, 0.2) is 11.5 Å². The normalized spacial score (nSPS) is 13.6. The average molecular weight is 362 g/mol. The third-order valence-corrected chi connectivity index (χ3v) is 4.88. The second-order valence-electron chi connectivity index (χ2n) is 5.52. The molecule has 0 atom stereocenters. The highest BCUT2D eigenvalue weighted by atomic mass is 32.2. The number of nitrogens with one attached hydrogen (secondary N) is 2. The summed E-state index contributed by atoms with van der Waals surface area (Å²) in [7, 11) is -3.75. The molecule has 0 aliphatic carbocycles. The fourth-order valence-corrected chi connectivity index (χ4v) is 3.41. The molecule has 2 aromatic rings. The van der Waals surface area contributed by atoms with E-state index in [9.17, 15) is 13.2 Å². The lowest BCUT2D eigenvalue weighted by molar-refractivity contribution is -0.114. The van der Waals surface area contributed by atoms with Gasteiger partial charge in [-0.1, -0.05) is 0 Å². The zero-order valence-corrected chi connectivity index (χ0v) is 14.4. The number of carbonyl (C=O) groups is 1. The second kappa shape index (κ2) is 7.02. The van der Waals surface area contributed by atoms with E-state index in [1.54, 1.807) is 18.2 Å². The first-order valence-corrected chi connectivity index (χ1v) is 9.22. The first kappa shape index (κ1) is 17.1. The first-order chi connectivity index (χ1) is 11.9. The number of fused-ring (bicyclic) bond motifs is 1. The van der Waals surface area contributed by atoms with E-state index in [-0.39, 0.29) is 10.8 Å². The quantitative estimate of drug-likeness (QED) is 0.872. The molecule has 0 saturated carbocycles. The minimum absolute atomic E-state index is 0.0914. The topological polar surface area (TPSA) is 93.7 Å². The third kappa shape index (κ3) is 4.21. The highest BCUT2D eigenvalue weighted by molar-refractivity contribution is 7.92. The number of benzene rings is 2. The molecule has 0 aromatic heterocycles. The van der Waals surface area contributed by atoms with E-state index >= 15 is 0 Å². The van der Waals surface area contributed by atoms with Crippen molar-refractivity contribution in [1.29, 1.82) is 0 Å². The van der Waals surface area contributed by atoms with Crippen LogP contribution in [0.1, 0.15) is 13.3 Å². The van der Waals surface area contributed by atoms with Gasteiger partial charge in [-0.2, -0.15) is 0 Å². The number of rotatable bonds is 4. The predicted molar refractivity (Wildman–Crippen MR) is 93.6 cm³/mol. The molecule has 0 saturated heterocycles. The molecule has 2 aromatic carbocycles. The van der Waals surface area contributed by atoms with Crippen molar-refractivity contribution in [3.8, 4) is 11.5 Å². The van der Waals surface area contributed by atoms with Crippen LogP contribution in [-0.4, -0.2) is 27.5 Å². The van der Waals surface area contributed by atoms with Crippen molar-refractivity contribution in [1.82, 2.24) is 0 Å².